The summed E-state index contributed by atoms with van der Waals surface area (Å²) in [6.45, 7) is 4.77. The molecule has 0 aliphatic carbocycles. The molecule has 0 saturated heterocycles. The Kier molecular flexibility index (Phi) is 6.36. The zero-order valence-corrected chi connectivity index (χ0v) is 21.3. The van der Waals surface area contributed by atoms with E-state index in [1.807, 2.05) is 86.0 Å². The van der Waals surface area contributed by atoms with Gasteiger partial charge in [-0.25, -0.2) is 0 Å². The molecule has 7 nitrogen and oxygen atoms in total. The Labute approximate surface area is 214 Å². The monoisotopic (exact) mass is 500 g/mol. The second-order valence-electron chi connectivity index (χ2n) is 9.23. The van der Waals surface area contributed by atoms with Crippen molar-refractivity contribution in [2.24, 2.45) is 0 Å². The van der Waals surface area contributed by atoms with Crippen molar-refractivity contribution in [3.63, 3.8) is 0 Å². The fourth-order valence-electron chi connectivity index (χ4n) is 4.54. The number of benzene rings is 2. The molecule has 0 fully saturated rings. The summed E-state index contributed by atoms with van der Waals surface area (Å²) in [5, 5.41) is 9.73. The molecule has 1 aliphatic heterocycles. The first kappa shape index (κ1) is 23.8. The molecule has 0 saturated carbocycles. The Bertz CT molecular complexity index is 1390. The molecule has 1 N–H and O–H groups in total. The van der Waals surface area contributed by atoms with Crippen LogP contribution >= 0.6 is 11.3 Å². The quantitative estimate of drug-likeness (QED) is 0.401. The Balaban J connectivity index is 1.46. The lowest BCUT2D eigenvalue weighted by atomic mass is 9.93. The van der Waals surface area contributed by atoms with Gasteiger partial charge in [0.15, 0.2) is 0 Å². The molecular weight excluding hydrogens is 472 g/mol. The summed E-state index contributed by atoms with van der Waals surface area (Å²) in [7, 11) is 1.62. The summed E-state index contributed by atoms with van der Waals surface area (Å²) < 4.78 is 6.90. The molecule has 3 heterocycles. The van der Waals surface area contributed by atoms with Gasteiger partial charge in [0, 0.05) is 13.1 Å². The lowest BCUT2D eigenvalue weighted by Crippen LogP contribution is -2.63. The van der Waals surface area contributed by atoms with Gasteiger partial charge in [0.25, 0.3) is 5.91 Å². The van der Waals surface area contributed by atoms with Crippen molar-refractivity contribution >= 4 is 23.2 Å². The Morgan fingerprint density at radius 2 is 1.92 bits per heavy atom. The van der Waals surface area contributed by atoms with E-state index in [1.54, 1.807) is 28.0 Å². The van der Waals surface area contributed by atoms with Gasteiger partial charge in [-0.05, 0) is 54.6 Å². The molecule has 2 aromatic carbocycles. The summed E-state index contributed by atoms with van der Waals surface area (Å²) in [6.07, 6.45) is 0. The molecule has 0 unspecified atom stereocenters. The predicted octanol–water partition coefficient (Wildman–Crippen LogP) is 4.66. The highest BCUT2D eigenvalue weighted by Crippen LogP contribution is 2.32. The van der Waals surface area contributed by atoms with Gasteiger partial charge < -0.3 is 15.0 Å². The standard InChI is InChI=1S/C28H28N4O3S/c1-19-6-4-7-21(14-19)17-31-26(33)24-15-23(25-8-5-13-36-25)30-32(24)18-28(31,2)27(34)29-16-20-9-11-22(35-3)12-10-20/h4-15H,16-18H2,1-3H3,(H,29,34)/t28-/m0/s1. The number of nitrogens with zero attached hydrogens (tertiary/aromatic N) is 3. The Morgan fingerprint density at radius 1 is 1.11 bits per heavy atom. The van der Waals surface area contributed by atoms with Crippen molar-refractivity contribution in [3.05, 3.63) is 94.5 Å². The summed E-state index contributed by atoms with van der Waals surface area (Å²) in [5.41, 5.74) is 3.13. The average molecular weight is 501 g/mol. The number of thiophene rings is 1. The number of hydrogen-bond acceptors (Lipinski definition) is 5. The number of fused-ring (bicyclic) bond motifs is 1. The third-order valence-corrected chi connectivity index (χ3v) is 7.49. The molecule has 1 aliphatic rings. The summed E-state index contributed by atoms with van der Waals surface area (Å²) in [4.78, 5) is 30.2. The molecule has 8 heteroatoms. The number of carbonyl (C=O) groups excluding carboxylic acids is 2. The van der Waals surface area contributed by atoms with Gasteiger partial charge in [-0.1, -0.05) is 48.0 Å². The first-order chi connectivity index (χ1) is 17.4. The highest BCUT2D eigenvalue weighted by molar-refractivity contribution is 7.13. The normalized spacial score (nSPS) is 17.1. The maximum atomic E-state index is 13.8. The van der Waals surface area contributed by atoms with Crippen LogP contribution in [0.25, 0.3) is 10.6 Å². The smallest absolute Gasteiger partial charge is 0.273 e. The average Bonchev–Trinajstić information content (AvgIpc) is 3.56. The van der Waals surface area contributed by atoms with Crippen LogP contribution in [-0.2, 0) is 24.4 Å². The van der Waals surface area contributed by atoms with E-state index in [0.717, 1.165) is 33.0 Å². The molecule has 0 spiro atoms. The molecule has 36 heavy (non-hydrogen) atoms. The summed E-state index contributed by atoms with van der Waals surface area (Å²) in [6, 6.07) is 21.3. The van der Waals surface area contributed by atoms with Gasteiger partial charge in [0.1, 0.15) is 22.7 Å². The second kappa shape index (κ2) is 9.62. The van der Waals surface area contributed by atoms with Crippen molar-refractivity contribution in [3.8, 4) is 16.3 Å². The number of nitrogens with one attached hydrogen (secondary N) is 1. The van der Waals surface area contributed by atoms with E-state index in [2.05, 4.69) is 5.32 Å². The SMILES string of the molecule is COc1ccc(CNC(=O)[C@]2(C)Cn3nc(-c4cccs4)cc3C(=O)N2Cc2cccc(C)c2)cc1. The van der Waals surface area contributed by atoms with E-state index in [9.17, 15) is 9.59 Å². The van der Waals surface area contributed by atoms with Crippen LogP contribution in [-0.4, -0.2) is 39.1 Å². The zero-order valence-electron chi connectivity index (χ0n) is 20.5. The number of amides is 2. The maximum Gasteiger partial charge on any atom is 0.273 e. The molecule has 0 radical (unpaired) electrons. The van der Waals surface area contributed by atoms with Crippen molar-refractivity contribution in [2.45, 2.75) is 39.0 Å². The van der Waals surface area contributed by atoms with Crippen LogP contribution in [0.15, 0.2) is 72.1 Å². The predicted molar refractivity (Wildman–Crippen MR) is 140 cm³/mol. The van der Waals surface area contributed by atoms with Crippen LogP contribution in [0.3, 0.4) is 0 Å². The lowest BCUT2D eigenvalue weighted by molar-refractivity contribution is -0.133. The number of methoxy groups -OCH3 is 1. The van der Waals surface area contributed by atoms with Crippen molar-refractivity contribution in [1.29, 1.82) is 0 Å². The van der Waals surface area contributed by atoms with Crippen LogP contribution in [0.1, 0.15) is 34.1 Å². The minimum absolute atomic E-state index is 0.208. The van der Waals surface area contributed by atoms with E-state index >= 15 is 0 Å². The number of hydrogen-bond donors (Lipinski definition) is 1. The van der Waals surface area contributed by atoms with Gasteiger partial charge in [0.2, 0.25) is 5.91 Å². The fourth-order valence-corrected chi connectivity index (χ4v) is 5.22. The molecule has 2 amide bonds. The number of ether oxygens (including phenoxy) is 1. The second-order valence-corrected chi connectivity index (χ2v) is 10.2. The third-order valence-electron chi connectivity index (χ3n) is 6.60. The molecule has 5 rings (SSSR count). The minimum atomic E-state index is -1.13. The first-order valence-corrected chi connectivity index (χ1v) is 12.7. The van der Waals surface area contributed by atoms with E-state index in [4.69, 9.17) is 9.84 Å². The first-order valence-electron chi connectivity index (χ1n) is 11.8. The van der Waals surface area contributed by atoms with Crippen molar-refractivity contribution in [2.75, 3.05) is 7.11 Å². The Morgan fingerprint density at radius 3 is 2.61 bits per heavy atom. The van der Waals surface area contributed by atoms with Gasteiger partial charge in [-0.15, -0.1) is 11.3 Å². The van der Waals surface area contributed by atoms with Gasteiger partial charge in [-0.3, -0.25) is 14.3 Å². The number of rotatable bonds is 7. The molecule has 1 atom stereocenters. The molecular formula is C28H28N4O3S. The fraction of sp³-hybridized carbons (Fsp3) is 0.250. The number of aryl methyl sites for hydroxylation is 1. The Hall–Kier alpha value is -3.91. The zero-order chi connectivity index (χ0) is 25.3. The van der Waals surface area contributed by atoms with Crippen LogP contribution in [0, 0.1) is 6.92 Å². The molecule has 184 valence electrons. The number of carbonyl (C=O) groups is 2. The van der Waals surface area contributed by atoms with E-state index < -0.39 is 5.54 Å². The highest BCUT2D eigenvalue weighted by Gasteiger charge is 2.48. The van der Waals surface area contributed by atoms with Crippen LogP contribution in [0.4, 0.5) is 0 Å². The summed E-state index contributed by atoms with van der Waals surface area (Å²) >= 11 is 1.57. The number of aromatic nitrogens is 2. The van der Waals surface area contributed by atoms with Gasteiger partial charge >= 0.3 is 0 Å². The van der Waals surface area contributed by atoms with E-state index in [-0.39, 0.29) is 18.4 Å². The minimum Gasteiger partial charge on any atom is -0.497 e. The largest absolute Gasteiger partial charge is 0.497 e. The van der Waals surface area contributed by atoms with Crippen molar-refractivity contribution < 1.29 is 14.3 Å². The van der Waals surface area contributed by atoms with E-state index in [1.165, 1.54) is 0 Å². The van der Waals surface area contributed by atoms with Gasteiger partial charge in [-0.2, -0.15) is 5.10 Å². The third kappa shape index (κ3) is 4.52. The molecule has 2 aromatic heterocycles. The van der Waals surface area contributed by atoms with E-state index in [0.29, 0.717) is 18.8 Å². The van der Waals surface area contributed by atoms with Crippen molar-refractivity contribution in [1.82, 2.24) is 20.0 Å². The molecule has 0 bridgehead atoms. The highest BCUT2D eigenvalue weighted by atomic mass is 32.1. The summed E-state index contributed by atoms with van der Waals surface area (Å²) in [5.74, 6) is 0.324. The van der Waals surface area contributed by atoms with Crippen LogP contribution in [0.5, 0.6) is 5.75 Å². The van der Waals surface area contributed by atoms with Gasteiger partial charge in [0.05, 0.1) is 18.5 Å². The maximum absolute atomic E-state index is 13.8. The van der Waals surface area contributed by atoms with Crippen LogP contribution in [0.2, 0.25) is 0 Å². The lowest BCUT2D eigenvalue weighted by Gasteiger charge is -2.43. The van der Waals surface area contributed by atoms with Crippen LogP contribution < -0.4 is 10.1 Å². The molecule has 4 aromatic rings. The topological polar surface area (TPSA) is 76.5 Å².